The number of aromatic nitrogens is 2. The minimum absolute atomic E-state index is 0.113. The molecule has 0 saturated heterocycles. The van der Waals surface area contributed by atoms with E-state index in [0.29, 0.717) is 38.4 Å². The maximum atomic E-state index is 12.9. The summed E-state index contributed by atoms with van der Waals surface area (Å²) in [6.45, 7) is 1.56. The number of carbonyl (C=O) groups is 1. The van der Waals surface area contributed by atoms with E-state index in [9.17, 15) is 4.79 Å². The van der Waals surface area contributed by atoms with Crippen molar-refractivity contribution in [1.82, 2.24) is 15.1 Å². The Bertz CT molecular complexity index is 824. The van der Waals surface area contributed by atoms with Crippen molar-refractivity contribution in [1.29, 1.82) is 0 Å². The molecule has 0 saturated carbocycles. The summed E-state index contributed by atoms with van der Waals surface area (Å²) in [4.78, 5) is 14.8. The van der Waals surface area contributed by atoms with E-state index in [2.05, 4.69) is 10.2 Å². The second-order valence-electron chi connectivity index (χ2n) is 6.44. The molecular weight excluding hydrogens is 320 g/mol. The molecule has 25 heavy (non-hydrogen) atoms. The summed E-state index contributed by atoms with van der Waals surface area (Å²) in [6, 6.07) is 7.54. The summed E-state index contributed by atoms with van der Waals surface area (Å²) in [6.07, 6.45) is 1.38. The molecule has 4 rings (SSSR count). The van der Waals surface area contributed by atoms with Gasteiger partial charge in [0.05, 0.1) is 18.7 Å². The number of anilines is 1. The number of methoxy groups -OCH3 is 1. The summed E-state index contributed by atoms with van der Waals surface area (Å²) in [5.41, 5.74) is 8.66. The third kappa shape index (κ3) is 2.97. The Balaban J connectivity index is 1.48. The maximum absolute atomic E-state index is 12.9. The molecule has 0 spiro atoms. The first kappa shape index (κ1) is 15.7. The van der Waals surface area contributed by atoms with E-state index in [-0.39, 0.29) is 11.8 Å². The summed E-state index contributed by atoms with van der Waals surface area (Å²) < 4.78 is 11.0. The number of nitrogen functional groups attached to an aromatic ring is 1. The topological polar surface area (TPSA) is 90.6 Å². The fraction of sp³-hybridized carbons (Fsp3) is 0.389. The SMILES string of the molecule is COc1ccc2c(c1)OC[C@@H](C(=O)N1CCc3nnc(N)cc3C1)C2. The van der Waals surface area contributed by atoms with Gasteiger partial charge in [-0.25, -0.2) is 0 Å². The van der Waals surface area contributed by atoms with E-state index in [0.717, 1.165) is 28.3 Å². The first-order valence-electron chi connectivity index (χ1n) is 8.33. The van der Waals surface area contributed by atoms with E-state index >= 15 is 0 Å². The molecule has 1 atom stereocenters. The summed E-state index contributed by atoms with van der Waals surface area (Å²) >= 11 is 0. The van der Waals surface area contributed by atoms with E-state index in [1.807, 2.05) is 23.1 Å². The molecule has 0 unspecified atom stereocenters. The molecule has 1 amide bonds. The van der Waals surface area contributed by atoms with Gasteiger partial charge < -0.3 is 20.1 Å². The number of fused-ring (bicyclic) bond motifs is 2. The second kappa shape index (κ2) is 6.23. The van der Waals surface area contributed by atoms with Gasteiger partial charge >= 0.3 is 0 Å². The molecule has 2 N–H and O–H groups in total. The van der Waals surface area contributed by atoms with Crippen LogP contribution < -0.4 is 15.2 Å². The predicted octanol–water partition coefficient (Wildman–Crippen LogP) is 1.20. The minimum Gasteiger partial charge on any atom is -0.497 e. The van der Waals surface area contributed by atoms with Crippen molar-refractivity contribution in [3.05, 3.63) is 41.1 Å². The fourth-order valence-corrected chi connectivity index (χ4v) is 3.43. The van der Waals surface area contributed by atoms with Gasteiger partial charge in [0, 0.05) is 25.6 Å². The molecule has 1 aromatic carbocycles. The zero-order chi connectivity index (χ0) is 17.4. The van der Waals surface area contributed by atoms with Gasteiger partial charge in [0.1, 0.15) is 23.9 Å². The van der Waals surface area contributed by atoms with Gasteiger partial charge in [-0.2, -0.15) is 5.10 Å². The lowest BCUT2D eigenvalue weighted by Gasteiger charge is -2.33. The monoisotopic (exact) mass is 340 g/mol. The fourth-order valence-electron chi connectivity index (χ4n) is 3.43. The van der Waals surface area contributed by atoms with E-state index in [4.69, 9.17) is 15.2 Å². The molecule has 2 aliphatic heterocycles. The average molecular weight is 340 g/mol. The number of rotatable bonds is 2. The normalized spacial score (nSPS) is 18.8. The van der Waals surface area contributed by atoms with Gasteiger partial charge in [-0.3, -0.25) is 4.79 Å². The second-order valence-corrected chi connectivity index (χ2v) is 6.44. The molecule has 2 aromatic rings. The number of hydrogen-bond donors (Lipinski definition) is 1. The molecule has 7 nitrogen and oxygen atoms in total. The van der Waals surface area contributed by atoms with Crippen LogP contribution in [0.3, 0.4) is 0 Å². The Morgan fingerprint density at radius 1 is 1.32 bits per heavy atom. The average Bonchev–Trinajstić information content (AvgIpc) is 2.65. The van der Waals surface area contributed by atoms with Crippen molar-refractivity contribution in [3.63, 3.8) is 0 Å². The van der Waals surface area contributed by atoms with Gasteiger partial charge in [0.15, 0.2) is 0 Å². The zero-order valence-corrected chi connectivity index (χ0v) is 14.1. The van der Waals surface area contributed by atoms with Gasteiger partial charge in [-0.15, -0.1) is 5.10 Å². The van der Waals surface area contributed by atoms with E-state index in [1.165, 1.54) is 0 Å². The number of ether oxygens (including phenoxy) is 2. The highest BCUT2D eigenvalue weighted by atomic mass is 16.5. The molecular formula is C18H20N4O3. The minimum atomic E-state index is -0.172. The molecule has 7 heteroatoms. The molecule has 0 radical (unpaired) electrons. The predicted molar refractivity (Wildman–Crippen MR) is 91.2 cm³/mol. The van der Waals surface area contributed by atoms with E-state index in [1.54, 1.807) is 13.2 Å². The summed E-state index contributed by atoms with van der Waals surface area (Å²) in [5, 5.41) is 8.01. The lowest BCUT2D eigenvalue weighted by Crippen LogP contribution is -2.43. The number of carbonyl (C=O) groups excluding carboxylic acids is 1. The van der Waals surface area contributed by atoms with E-state index < -0.39 is 0 Å². The van der Waals surface area contributed by atoms with Crippen LogP contribution in [-0.2, 0) is 24.2 Å². The number of nitrogens with zero attached hydrogens (tertiary/aromatic N) is 3. The Morgan fingerprint density at radius 3 is 3.04 bits per heavy atom. The van der Waals surface area contributed by atoms with Crippen LogP contribution in [0.5, 0.6) is 11.5 Å². The van der Waals surface area contributed by atoms with Crippen LogP contribution in [0, 0.1) is 5.92 Å². The van der Waals surface area contributed by atoms with Crippen LogP contribution in [0.4, 0.5) is 5.82 Å². The molecule has 2 aliphatic rings. The highest BCUT2D eigenvalue weighted by molar-refractivity contribution is 5.80. The molecule has 130 valence electrons. The smallest absolute Gasteiger partial charge is 0.229 e. The van der Waals surface area contributed by atoms with Crippen molar-refractivity contribution in [2.24, 2.45) is 5.92 Å². The van der Waals surface area contributed by atoms with Crippen LogP contribution in [0.15, 0.2) is 24.3 Å². The van der Waals surface area contributed by atoms with Gasteiger partial charge in [-0.05, 0) is 29.7 Å². The summed E-state index contributed by atoms with van der Waals surface area (Å²) in [7, 11) is 1.63. The molecule has 1 aromatic heterocycles. The van der Waals surface area contributed by atoms with Crippen LogP contribution >= 0.6 is 0 Å². The quantitative estimate of drug-likeness (QED) is 0.883. The molecule has 0 aliphatic carbocycles. The first-order chi connectivity index (χ1) is 12.1. The van der Waals surface area contributed by atoms with Crippen molar-refractivity contribution >= 4 is 11.7 Å². The van der Waals surface area contributed by atoms with Crippen LogP contribution in [-0.4, -0.2) is 41.3 Å². The first-order valence-corrected chi connectivity index (χ1v) is 8.33. The molecule has 0 bridgehead atoms. The third-order valence-electron chi connectivity index (χ3n) is 4.80. The standard InChI is InChI=1S/C18H20N4O3/c1-24-14-3-2-11-6-13(10-25-16(11)8-14)18(23)22-5-4-15-12(9-22)7-17(19)21-20-15/h2-3,7-8,13H,4-6,9-10H2,1H3,(H2,19,21)/t13-/m0/s1. The van der Waals surface area contributed by atoms with Crippen LogP contribution in [0.1, 0.15) is 16.8 Å². The zero-order valence-electron chi connectivity index (χ0n) is 14.1. The van der Waals surface area contributed by atoms with Gasteiger partial charge in [0.25, 0.3) is 0 Å². The van der Waals surface area contributed by atoms with Crippen LogP contribution in [0.2, 0.25) is 0 Å². The molecule has 3 heterocycles. The van der Waals surface area contributed by atoms with Crippen molar-refractivity contribution in [2.45, 2.75) is 19.4 Å². The lowest BCUT2D eigenvalue weighted by molar-refractivity contribution is -0.137. The largest absolute Gasteiger partial charge is 0.497 e. The number of benzene rings is 1. The number of nitrogens with two attached hydrogens (primary N) is 1. The van der Waals surface area contributed by atoms with Gasteiger partial charge in [-0.1, -0.05) is 6.07 Å². The highest BCUT2D eigenvalue weighted by Crippen LogP contribution is 2.32. The number of hydrogen-bond acceptors (Lipinski definition) is 6. The number of amides is 1. The van der Waals surface area contributed by atoms with Crippen molar-refractivity contribution < 1.29 is 14.3 Å². The van der Waals surface area contributed by atoms with Crippen LogP contribution in [0.25, 0.3) is 0 Å². The Kier molecular flexibility index (Phi) is 3.91. The third-order valence-corrected chi connectivity index (χ3v) is 4.80. The molecule has 0 fully saturated rings. The summed E-state index contributed by atoms with van der Waals surface area (Å²) in [5.74, 6) is 1.89. The van der Waals surface area contributed by atoms with Gasteiger partial charge in [0.2, 0.25) is 5.91 Å². The Hall–Kier alpha value is -2.83. The Morgan fingerprint density at radius 2 is 2.20 bits per heavy atom. The van der Waals surface area contributed by atoms with Crippen molar-refractivity contribution in [2.75, 3.05) is 26.0 Å². The van der Waals surface area contributed by atoms with Crippen molar-refractivity contribution in [3.8, 4) is 11.5 Å². The lowest BCUT2D eigenvalue weighted by atomic mass is 9.94. The highest BCUT2D eigenvalue weighted by Gasteiger charge is 2.31. The maximum Gasteiger partial charge on any atom is 0.229 e. The Labute approximate surface area is 145 Å².